The minimum Gasteiger partial charge on any atom is -0.466 e. The lowest BCUT2D eigenvalue weighted by molar-refractivity contribution is 0.00578. The van der Waals surface area contributed by atoms with Gasteiger partial charge in [-0.2, -0.15) is 0 Å². The molecule has 2 aliphatic heterocycles. The first-order valence-corrected chi connectivity index (χ1v) is 8.64. The molecule has 0 N–H and O–H groups in total. The van der Waals surface area contributed by atoms with Gasteiger partial charge in [0.15, 0.2) is 0 Å². The first kappa shape index (κ1) is 14.7. The molecule has 1 aromatic heterocycles. The SMILES string of the molecule is Cc1ccc2c(n1)OC13CC21C=CC=C3B1OC(C)(C)C(C)(C)O1. The maximum Gasteiger partial charge on any atom is 0.494 e. The van der Waals surface area contributed by atoms with Gasteiger partial charge >= 0.3 is 7.12 Å². The van der Waals surface area contributed by atoms with E-state index in [0.29, 0.717) is 0 Å². The number of hydrogen-bond donors (Lipinski definition) is 0. The van der Waals surface area contributed by atoms with E-state index in [1.54, 1.807) is 0 Å². The molecule has 0 bridgehead atoms. The summed E-state index contributed by atoms with van der Waals surface area (Å²) in [6.07, 6.45) is 7.41. The fourth-order valence-corrected chi connectivity index (χ4v) is 4.30. The van der Waals surface area contributed by atoms with Crippen LogP contribution in [0.4, 0.5) is 0 Å². The normalized spacial score (nSPS) is 36.5. The molecule has 3 heterocycles. The van der Waals surface area contributed by atoms with Crippen molar-refractivity contribution in [1.82, 2.24) is 4.98 Å². The molecule has 0 aromatic carbocycles. The molecule has 24 heavy (non-hydrogen) atoms. The van der Waals surface area contributed by atoms with Gasteiger partial charge in [-0.05, 0) is 40.7 Å². The van der Waals surface area contributed by atoms with Crippen molar-refractivity contribution in [2.75, 3.05) is 0 Å². The van der Waals surface area contributed by atoms with Gasteiger partial charge in [0.25, 0.3) is 0 Å². The first-order valence-electron chi connectivity index (χ1n) is 8.64. The smallest absolute Gasteiger partial charge is 0.466 e. The van der Waals surface area contributed by atoms with E-state index in [1.807, 2.05) is 6.92 Å². The van der Waals surface area contributed by atoms with Crippen LogP contribution in [0.3, 0.4) is 0 Å². The average molecular weight is 323 g/mol. The van der Waals surface area contributed by atoms with Crippen LogP contribution in [-0.4, -0.2) is 28.9 Å². The Hall–Kier alpha value is -1.59. The molecule has 4 aliphatic rings. The number of aromatic nitrogens is 1. The average Bonchev–Trinajstić information content (AvgIpc) is 2.98. The Balaban J connectivity index is 1.56. The fourth-order valence-electron chi connectivity index (χ4n) is 4.30. The minimum absolute atomic E-state index is 0.100. The number of rotatable bonds is 1. The molecule has 2 atom stereocenters. The molecule has 124 valence electrons. The number of allylic oxidation sites excluding steroid dienone is 2. The van der Waals surface area contributed by atoms with Crippen LogP contribution in [0.2, 0.25) is 0 Å². The topological polar surface area (TPSA) is 40.6 Å². The highest BCUT2D eigenvalue weighted by atomic mass is 16.7. The summed E-state index contributed by atoms with van der Waals surface area (Å²) in [5, 5.41) is 0. The minimum atomic E-state index is -0.383. The second-order valence-corrected chi connectivity index (χ2v) is 8.45. The second kappa shape index (κ2) is 3.97. The zero-order valence-electron chi connectivity index (χ0n) is 14.8. The first-order chi connectivity index (χ1) is 11.2. The monoisotopic (exact) mass is 323 g/mol. The van der Waals surface area contributed by atoms with Gasteiger partial charge in [0.2, 0.25) is 5.88 Å². The van der Waals surface area contributed by atoms with Crippen LogP contribution in [0.1, 0.15) is 45.4 Å². The molecular weight excluding hydrogens is 301 g/mol. The van der Waals surface area contributed by atoms with Gasteiger partial charge in [0, 0.05) is 23.2 Å². The Bertz CT molecular complexity index is 812. The summed E-state index contributed by atoms with van der Waals surface area (Å²) in [7, 11) is -0.378. The van der Waals surface area contributed by atoms with Crippen molar-refractivity contribution in [3.63, 3.8) is 0 Å². The molecule has 1 saturated carbocycles. The fraction of sp³-hybridized carbons (Fsp3) is 0.526. The Labute approximate surface area is 143 Å². The van der Waals surface area contributed by atoms with E-state index < -0.39 is 0 Å². The quantitative estimate of drug-likeness (QED) is 0.744. The van der Waals surface area contributed by atoms with E-state index in [2.05, 4.69) is 63.0 Å². The molecule has 2 fully saturated rings. The van der Waals surface area contributed by atoms with E-state index in [4.69, 9.17) is 14.0 Å². The molecule has 5 rings (SSSR count). The number of aryl methyl sites for hydroxylation is 1. The Morgan fingerprint density at radius 1 is 1.08 bits per heavy atom. The third-order valence-corrected chi connectivity index (χ3v) is 6.50. The lowest BCUT2D eigenvalue weighted by Crippen LogP contribution is -2.41. The number of pyridine rings is 1. The maximum absolute atomic E-state index is 6.41. The predicted octanol–water partition coefficient (Wildman–Crippen LogP) is 3.29. The Kier molecular flexibility index (Phi) is 2.44. The molecular formula is C19H22BNO3. The van der Waals surface area contributed by atoms with Gasteiger partial charge in [-0.25, -0.2) is 4.98 Å². The second-order valence-electron chi connectivity index (χ2n) is 8.45. The number of hydrogen-bond acceptors (Lipinski definition) is 4. The van der Waals surface area contributed by atoms with Crippen LogP contribution in [0.15, 0.2) is 35.8 Å². The van der Waals surface area contributed by atoms with Crippen LogP contribution < -0.4 is 4.74 Å². The van der Waals surface area contributed by atoms with Gasteiger partial charge in [-0.3, -0.25) is 0 Å². The van der Waals surface area contributed by atoms with E-state index >= 15 is 0 Å². The van der Waals surface area contributed by atoms with Crippen LogP contribution in [0, 0.1) is 6.92 Å². The number of nitrogens with zero attached hydrogens (tertiary/aromatic N) is 1. The lowest BCUT2D eigenvalue weighted by atomic mass is 9.69. The van der Waals surface area contributed by atoms with E-state index in [-0.39, 0.29) is 29.3 Å². The third kappa shape index (κ3) is 1.51. The molecule has 0 spiro atoms. The standard InChI is InChI=1S/C19H22BNO3/c1-12-8-9-13-15(21-12)22-19-11-18(13,19)10-6-7-14(19)20-23-16(2,3)17(4,5)24-20/h6-10H,11H2,1-5H3. The zero-order chi connectivity index (χ0) is 17.0. The van der Waals surface area contributed by atoms with Gasteiger partial charge in [0.05, 0.1) is 16.6 Å². The third-order valence-electron chi connectivity index (χ3n) is 6.50. The van der Waals surface area contributed by atoms with Crippen molar-refractivity contribution in [1.29, 1.82) is 0 Å². The highest BCUT2D eigenvalue weighted by Gasteiger charge is 2.79. The lowest BCUT2D eigenvalue weighted by Gasteiger charge is -2.32. The largest absolute Gasteiger partial charge is 0.494 e. The van der Waals surface area contributed by atoms with Crippen LogP contribution in [0.5, 0.6) is 5.88 Å². The number of fused-ring (bicyclic) bond motifs is 1. The highest BCUT2D eigenvalue weighted by Crippen LogP contribution is 2.71. The molecule has 1 saturated heterocycles. The summed E-state index contributed by atoms with van der Waals surface area (Å²) >= 11 is 0. The molecule has 0 radical (unpaired) electrons. The van der Waals surface area contributed by atoms with Crippen LogP contribution >= 0.6 is 0 Å². The molecule has 2 unspecified atom stereocenters. The predicted molar refractivity (Wildman–Crippen MR) is 91.9 cm³/mol. The summed E-state index contributed by atoms with van der Waals surface area (Å²) in [6, 6.07) is 4.22. The molecule has 5 heteroatoms. The Morgan fingerprint density at radius 3 is 2.50 bits per heavy atom. The highest BCUT2D eigenvalue weighted by molar-refractivity contribution is 6.55. The molecule has 4 nitrogen and oxygen atoms in total. The van der Waals surface area contributed by atoms with E-state index in [9.17, 15) is 0 Å². The number of ether oxygens (including phenoxy) is 1. The van der Waals surface area contributed by atoms with Crippen molar-refractivity contribution in [3.8, 4) is 5.88 Å². The summed E-state index contributed by atoms with van der Waals surface area (Å²) < 4.78 is 19.0. The van der Waals surface area contributed by atoms with Gasteiger partial charge in [-0.1, -0.05) is 24.3 Å². The van der Waals surface area contributed by atoms with Crippen LogP contribution in [-0.2, 0) is 14.7 Å². The summed E-state index contributed by atoms with van der Waals surface area (Å²) in [6.45, 7) is 10.3. The van der Waals surface area contributed by atoms with E-state index in [0.717, 1.165) is 23.5 Å². The summed E-state index contributed by atoms with van der Waals surface area (Å²) in [5.74, 6) is 0.759. The van der Waals surface area contributed by atoms with Crippen LogP contribution in [0.25, 0.3) is 0 Å². The van der Waals surface area contributed by atoms with Crippen molar-refractivity contribution in [3.05, 3.63) is 47.1 Å². The summed E-state index contributed by atoms with van der Waals surface area (Å²) in [5.41, 5.74) is 2.06. The van der Waals surface area contributed by atoms with Crippen molar-refractivity contribution < 1.29 is 14.0 Å². The maximum atomic E-state index is 6.41. The van der Waals surface area contributed by atoms with Crippen molar-refractivity contribution in [2.45, 2.75) is 63.3 Å². The van der Waals surface area contributed by atoms with Crippen molar-refractivity contribution >= 4 is 7.12 Å². The molecule has 1 aromatic rings. The Morgan fingerprint density at radius 2 is 1.79 bits per heavy atom. The molecule has 2 aliphatic carbocycles. The zero-order valence-corrected chi connectivity index (χ0v) is 14.8. The summed E-state index contributed by atoms with van der Waals surface area (Å²) in [4.78, 5) is 4.60. The van der Waals surface area contributed by atoms with E-state index in [1.165, 1.54) is 5.56 Å². The van der Waals surface area contributed by atoms with Crippen molar-refractivity contribution in [2.24, 2.45) is 0 Å². The van der Waals surface area contributed by atoms with Gasteiger partial charge < -0.3 is 14.0 Å². The van der Waals surface area contributed by atoms with Gasteiger partial charge in [0.1, 0.15) is 5.60 Å². The molecule has 0 amide bonds. The van der Waals surface area contributed by atoms with Gasteiger partial charge in [-0.15, -0.1) is 0 Å².